The maximum Gasteiger partial charge on any atom is 0.305 e. The van der Waals surface area contributed by atoms with Crippen LogP contribution in [0.1, 0.15) is 32.1 Å². The van der Waals surface area contributed by atoms with Gasteiger partial charge in [-0.3, -0.25) is 9.59 Å². The molecular weight excluding hydrogens is 250 g/mol. The maximum atomic E-state index is 10.9. The van der Waals surface area contributed by atoms with Gasteiger partial charge in [0.2, 0.25) is 0 Å². The van der Waals surface area contributed by atoms with E-state index in [-0.39, 0.29) is 18.5 Å². The van der Waals surface area contributed by atoms with E-state index in [1.165, 1.54) is 7.11 Å². The van der Waals surface area contributed by atoms with Crippen molar-refractivity contribution in [3.05, 3.63) is 0 Å². The summed E-state index contributed by atoms with van der Waals surface area (Å²) in [5.74, 6) is -0.976. The van der Waals surface area contributed by atoms with Gasteiger partial charge in [0.1, 0.15) is 0 Å². The maximum absolute atomic E-state index is 10.9. The Morgan fingerprint density at radius 2 is 2.16 bits per heavy atom. The van der Waals surface area contributed by atoms with E-state index in [0.29, 0.717) is 26.0 Å². The summed E-state index contributed by atoms with van der Waals surface area (Å²) in [6.07, 6.45) is 3.41. The molecule has 1 heterocycles. The molecule has 1 rings (SSSR count). The van der Waals surface area contributed by atoms with Crippen LogP contribution in [0.2, 0.25) is 0 Å². The van der Waals surface area contributed by atoms with E-state index in [9.17, 15) is 9.59 Å². The lowest BCUT2D eigenvalue weighted by Crippen LogP contribution is -2.40. The number of methoxy groups -OCH3 is 1. The molecule has 0 bridgehead atoms. The Hall–Kier alpha value is -1.14. The molecule has 0 amide bonds. The van der Waals surface area contributed by atoms with Gasteiger partial charge >= 0.3 is 11.9 Å². The number of carboxylic acid groups (broad SMARTS) is 1. The smallest absolute Gasteiger partial charge is 0.305 e. The number of nitrogens with zero attached hydrogens (tertiary/aromatic N) is 1. The minimum Gasteiger partial charge on any atom is -0.481 e. The average molecular weight is 273 g/mol. The van der Waals surface area contributed by atoms with E-state index in [0.717, 1.165) is 25.9 Å². The number of hydrogen-bond acceptors (Lipinski definition) is 5. The van der Waals surface area contributed by atoms with Crippen LogP contribution in [0.5, 0.6) is 0 Å². The summed E-state index contributed by atoms with van der Waals surface area (Å²) < 4.78 is 10.3. The second-order valence-electron chi connectivity index (χ2n) is 4.76. The molecule has 1 fully saturated rings. The lowest BCUT2D eigenvalue weighted by atomic mass is 10.1. The molecule has 0 aromatic carbocycles. The van der Waals surface area contributed by atoms with Gasteiger partial charge in [-0.15, -0.1) is 0 Å². The third-order valence-electron chi connectivity index (χ3n) is 3.21. The molecule has 19 heavy (non-hydrogen) atoms. The van der Waals surface area contributed by atoms with E-state index in [2.05, 4.69) is 9.64 Å². The largest absolute Gasteiger partial charge is 0.481 e. The highest BCUT2D eigenvalue weighted by Gasteiger charge is 2.20. The summed E-state index contributed by atoms with van der Waals surface area (Å²) in [6.45, 7) is 2.85. The molecule has 0 spiro atoms. The fraction of sp³-hybridized carbons (Fsp3) is 0.846. The zero-order chi connectivity index (χ0) is 14.1. The monoisotopic (exact) mass is 273 g/mol. The minimum absolute atomic E-state index is 0.153. The van der Waals surface area contributed by atoms with Crippen molar-refractivity contribution < 1.29 is 24.2 Å². The van der Waals surface area contributed by atoms with Crippen LogP contribution in [0.15, 0.2) is 0 Å². The predicted octanol–water partition coefficient (Wildman–Crippen LogP) is 0.895. The summed E-state index contributed by atoms with van der Waals surface area (Å²) in [5.41, 5.74) is 0. The van der Waals surface area contributed by atoms with Crippen molar-refractivity contribution >= 4 is 11.9 Å². The Labute approximate surface area is 113 Å². The first kappa shape index (κ1) is 15.9. The van der Waals surface area contributed by atoms with Crippen LogP contribution in [0.25, 0.3) is 0 Å². The van der Waals surface area contributed by atoms with Crippen molar-refractivity contribution in [2.45, 2.75) is 38.2 Å². The first-order valence-electron chi connectivity index (χ1n) is 6.74. The molecule has 0 aliphatic carbocycles. The highest BCUT2D eigenvalue weighted by molar-refractivity contribution is 5.69. The molecular formula is C13H23NO5. The number of rotatable bonds is 8. The van der Waals surface area contributed by atoms with Gasteiger partial charge in [-0.25, -0.2) is 0 Å². The second-order valence-corrected chi connectivity index (χ2v) is 4.76. The molecule has 6 heteroatoms. The van der Waals surface area contributed by atoms with Crippen molar-refractivity contribution in [1.29, 1.82) is 0 Å². The van der Waals surface area contributed by atoms with Gasteiger partial charge in [-0.1, -0.05) is 0 Å². The minimum atomic E-state index is -0.763. The van der Waals surface area contributed by atoms with Crippen LogP contribution in [0.3, 0.4) is 0 Å². The van der Waals surface area contributed by atoms with Gasteiger partial charge < -0.3 is 19.5 Å². The molecule has 1 N–H and O–H groups in total. The summed E-state index contributed by atoms with van der Waals surface area (Å²) in [4.78, 5) is 23.6. The summed E-state index contributed by atoms with van der Waals surface area (Å²) in [5, 5.41) is 8.66. The Balaban J connectivity index is 2.12. The van der Waals surface area contributed by atoms with E-state index in [4.69, 9.17) is 9.84 Å². The van der Waals surface area contributed by atoms with Crippen LogP contribution >= 0.6 is 0 Å². The highest BCUT2D eigenvalue weighted by atomic mass is 16.5. The van der Waals surface area contributed by atoms with E-state index >= 15 is 0 Å². The summed E-state index contributed by atoms with van der Waals surface area (Å²) in [7, 11) is 1.38. The lowest BCUT2D eigenvalue weighted by Gasteiger charge is -2.32. The highest BCUT2D eigenvalue weighted by Crippen LogP contribution is 2.14. The summed E-state index contributed by atoms with van der Waals surface area (Å²) >= 11 is 0. The Kier molecular flexibility index (Phi) is 7.43. The molecule has 0 aromatic rings. The molecule has 0 aromatic heterocycles. The molecule has 0 radical (unpaired) electrons. The van der Waals surface area contributed by atoms with Crippen LogP contribution in [-0.4, -0.2) is 61.4 Å². The summed E-state index contributed by atoms with van der Waals surface area (Å²) in [6, 6.07) is 0. The van der Waals surface area contributed by atoms with Crippen LogP contribution in [-0.2, 0) is 19.1 Å². The molecule has 1 atom stereocenters. The third kappa shape index (κ3) is 7.12. The zero-order valence-corrected chi connectivity index (χ0v) is 11.5. The standard InChI is InChI=1S/C13H23NO5/c1-18-13(17)5-3-9-19-11-4-2-7-14(10-11)8-6-12(15)16/h11H,2-10H2,1H3,(H,15,16). The van der Waals surface area contributed by atoms with Gasteiger partial charge in [-0.2, -0.15) is 0 Å². The van der Waals surface area contributed by atoms with Gasteiger partial charge in [-0.05, 0) is 25.8 Å². The fourth-order valence-electron chi connectivity index (χ4n) is 2.17. The molecule has 1 aliphatic heterocycles. The second kappa shape index (κ2) is 8.87. The third-order valence-corrected chi connectivity index (χ3v) is 3.21. The number of hydrogen-bond donors (Lipinski definition) is 1. The first-order valence-corrected chi connectivity index (χ1v) is 6.74. The van der Waals surface area contributed by atoms with Crippen LogP contribution in [0.4, 0.5) is 0 Å². The SMILES string of the molecule is COC(=O)CCCOC1CCCN(CCC(=O)O)C1. The normalized spacial score (nSPS) is 20.2. The van der Waals surface area contributed by atoms with Crippen molar-refractivity contribution in [3.8, 4) is 0 Å². The number of aliphatic carboxylic acids is 1. The van der Waals surface area contributed by atoms with E-state index in [1.54, 1.807) is 0 Å². The van der Waals surface area contributed by atoms with Gasteiger partial charge in [0.15, 0.2) is 0 Å². The number of esters is 1. The lowest BCUT2D eigenvalue weighted by molar-refractivity contribution is -0.141. The van der Waals surface area contributed by atoms with Crippen molar-refractivity contribution in [2.24, 2.45) is 0 Å². The number of carboxylic acids is 1. The van der Waals surface area contributed by atoms with Crippen molar-refractivity contribution in [1.82, 2.24) is 4.90 Å². The molecule has 110 valence electrons. The molecule has 1 aliphatic rings. The Morgan fingerprint density at radius 3 is 2.84 bits per heavy atom. The van der Waals surface area contributed by atoms with Crippen LogP contribution in [0, 0.1) is 0 Å². The van der Waals surface area contributed by atoms with Gasteiger partial charge in [0, 0.05) is 26.1 Å². The zero-order valence-electron chi connectivity index (χ0n) is 11.5. The molecule has 6 nitrogen and oxygen atoms in total. The van der Waals surface area contributed by atoms with Crippen LogP contribution < -0.4 is 0 Å². The fourth-order valence-corrected chi connectivity index (χ4v) is 2.17. The van der Waals surface area contributed by atoms with Crippen molar-refractivity contribution in [2.75, 3.05) is 33.4 Å². The van der Waals surface area contributed by atoms with Gasteiger partial charge in [0.25, 0.3) is 0 Å². The average Bonchev–Trinajstić information content (AvgIpc) is 2.41. The van der Waals surface area contributed by atoms with E-state index in [1.807, 2.05) is 0 Å². The molecule has 0 saturated carbocycles. The van der Waals surface area contributed by atoms with Crippen molar-refractivity contribution in [3.63, 3.8) is 0 Å². The Morgan fingerprint density at radius 1 is 1.37 bits per heavy atom. The Bertz CT molecular complexity index is 295. The van der Waals surface area contributed by atoms with E-state index < -0.39 is 5.97 Å². The number of carbonyl (C=O) groups excluding carboxylic acids is 1. The first-order chi connectivity index (χ1) is 9.11. The van der Waals surface area contributed by atoms with Gasteiger partial charge in [0.05, 0.1) is 19.6 Å². The number of likely N-dealkylation sites (tertiary alicyclic amines) is 1. The number of carbonyl (C=O) groups is 2. The predicted molar refractivity (Wildman–Crippen MR) is 68.9 cm³/mol. The topological polar surface area (TPSA) is 76.1 Å². The number of piperidine rings is 1. The number of ether oxygens (including phenoxy) is 2. The molecule has 1 unspecified atom stereocenters. The molecule has 1 saturated heterocycles. The quantitative estimate of drug-likeness (QED) is 0.523.